The van der Waals surface area contributed by atoms with Crippen molar-refractivity contribution < 1.29 is 17.6 Å². The number of hydrogen-bond acceptors (Lipinski definition) is 1. The van der Waals surface area contributed by atoms with Gasteiger partial charge in [0, 0.05) is 18.1 Å². The van der Waals surface area contributed by atoms with E-state index in [0.29, 0.717) is 5.56 Å². The van der Waals surface area contributed by atoms with Gasteiger partial charge in [0.15, 0.2) is 5.69 Å². The summed E-state index contributed by atoms with van der Waals surface area (Å²) in [6, 6.07) is 3.89. The Bertz CT molecular complexity index is 647. The van der Waals surface area contributed by atoms with Crippen LogP contribution in [0.2, 0.25) is 0 Å². The van der Waals surface area contributed by atoms with Gasteiger partial charge in [-0.05, 0) is 31.5 Å². The Morgan fingerprint density at radius 3 is 2.43 bits per heavy atom. The van der Waals surface area contributed by atoms with Gasteiger partial charge in [0.2, 0.25) is 0 Å². The molecule has 0 saturated heterocycles. The van der Waals surface area contributed by atoms with Gasteiger partial charge in [-0.1, -0.05) is 6.07 Å². The van der Waals surface area contributed by atoms with E-state index in [1.54, 1.807) is 19.9 Å². The van der Waals surface area contributed by atoms with Gasteiger partial charge >= 0.3 is 6.18 Å². The van der Waals surface area contributed by atoms with Crippen molar-refractivity contribution in [1.29, 1.82) is 0 Å². The van der Waals surface area contributed by atoms with E-state index >= 15 is 0 Å². The maximum absolute atomic E-state index is 14.1. The van der Waals surface area contributed by atoms with E-state index in [1.165, 1.54) is 16.7 Å². The smallest absolute Gasteiger partial charge is 0.328 e. The minimum absolute atomic E-state index is 0.0214. The lowest BCUT2D eigenvalue weighted by atomic mass is 10.1. The first-order valence-corrected chi connectivity index (χ1v) is 6.78. The Morgan fingerprint density at radius 2 is 1.95 bits per heavy atom. The van der Waals surface area contributed by atoms with Crippen LogP contribution in [0.15, 0.2) is 24.4 Å². The van der Waals surface area contributed by atoms with Gasteiger partial charge in [-0.2, -0.15) is 13.2 Å². The Hall–Kier alpha value is -1.56. The first-order valence-electron chi connectivity index (χ1n) is 6.25. The van der Waals surface area contributed by atoms with Crippen LogP contribution in [0.5, 0.6) is 0 Å². The van der Waals surface area contributed by atoms with Gasteiger partial charge in [0.05, 0.1) is 5.56 Å². The Labute approximate surface area is 124 Å². The third kappa shape index (κ3) is 3.20. The molecule has 0 aliphatic rings. The van der Waals surface area contributed by atoms with Crippen LogP contribution in [0, 0.1) is 5.82 Å². The fraction of sp³-hybridized carbons (Fsp3) is 0.357. The largest absolute Gasteiger partial charge is 0.434 e. The van der Waals surface area contributed by atoms with Crippen LogP contribution in [0.3, 0.4) is 0 Å². The quantitative estimate of drug-likeness (QED) is 0.573. The summed E-state index contributed by atoms with van der Waals surface area (Å²) < 4.78 is 53.8. The fourth-order valence-electron chi connectivity index (χ4n) is 1.95. The predicted octanol–water partition coefficient (Wildman–Crippen LogP) is 5.03. The van der Waals surface area contributed by atoms with Crippen molar-refractivity contribution in [3.05, 3.63) is 41.5 Å². The molecule has 0 aliphatic heterocycles. The molecule has 1 heterocycles. The summed E-state index contributed by atoms with van der Waals surface area (Å²) in [5.41, 5.74) is -0.461. The minimum Gasteiger partial charge on any atom is -0.328 e. The standard InChI is InChI=1S/C14H13ClF4N2/c1-8(2)21-7-12(14(17,18)19)20-13(21)10-4-3-9(6-15)5-11(10)16/h3-5,7-8H,6H2,1-2H3. The van der Waals surface area contributed by atoms with E-state index in [-0.39, 0.29) is 23.3 Å². The molecule has 0 fully saturated rings. The van der Waals surface area contributed by atoms with Crippen LogP contribution in [0.4, 0.5) is 17.6 Å². The lowest BCUT2D eigenvalue weighted by Gasteiger charge is -2.12. The molecule has 2 aromatic rings. The molecule has 0 unspecified atom stereocenters. The van der Waals surface area contributed by atoms with E-state index in [4.69, 9.17) is 11.6 Å². The molecule has 2 nitrogen and oxygen atoms in total. The Balaban J connectivity index is 2.60. The molecule has 0 aliphatic carbocycles. The van der Waals surface area contributed by atoms with Crippen molar-refractivity contribution in [2.45, 2.75) is 31.9 Å². The van der Waals surface area contributed by atoms with Crippen LogP contribution >= 0.6 is 11.6 Å². The van der Waals surface area contributed by atoms with E-state index in [9.17, 15) is 17.6 Å². The normalized spacial score (nSPS) is 12.2. The van der Waals surface area contributed by atoms with Gasteiger partial charge in [0.1, 0.15) is 11.6 Å². The number of nitrogens with zero attached hydrogens (tertiary/aromatic N) is 2. The van der Waals surface area contributed by atoms with Crippen LogP contribution in [0.25, 0.3) is 11.4 Å². The Morgan fingerprint density at radius 1 is 1.29 bits per heavy atom. The molecule has 0 N–H and O–H groups in total. The summed E-state index contributed by atoms with van der Waals surface area (Å²) >= 11 is 5.61. The number of aromatic nitrogens is 2. The lowest BCUT2D eigenvalue weighted by Crippen LogP contribution is -2.05. The zero-order valence-electron chi connectivity index (χ0n) is 11.4. The summed E-state index contributed by atoms with van der Waals surface area (Å²) in [4.78, 5) is 3.55. The second kappa shape index (κ2) is 5.67. The number of alkyl halides is 4. The highest BCUT2D eigenvalue weighted by Crippen LogP contribution is 2.33. The summed E-state index contributed by atoms with van der Waals surface area (Å²) in [5.74, 6) is -0.561. The highest BCUT2D eigenvalue weighted by molar-refractivity contribution is 6.17. The topological polar surface area (TPSA) is 17.8 Å². The lowest BCUT2D eigenvalue weighted by molar-refractivity contribution is -0.140. The molecule has 21 heavy (non-hydrogen) atoms. The molecule has 7 heteroatoms. The van der Waals surface area contributed by atoms with Crippen LogP contribution in [-0.4, -0.2) is 9.55 Å². The van der Waals surface area contributed by atoms with Crippen molar-refractivity contribution in [2.24, 2.45) is 0 Å². The van der Waals surface area contributed by atoms with E-state index in [0.717, 1.165) is 6.20 Å². The van der Waals surface area contributed by atoms with Crippen molar-refractivity contribution in [1.82, 2.24) is 9.55 Å². The van der Waals surface area contributed by atoms with Gasteiger partial charge in [-0.25, -0.2) is 9.37 Å². The molecule has 0 bridgehead atoms. The molecule has 1 aromatic heterocycles. The summed E-state index contributed by atoms with van der Waals surface area (Å²) in [6.45, 7) is 3.41. The molecule has 114 valence electrons. The summed E-state index contributed by atoms with van der Waals surface area (Å²) in [6.07, 6.45) is -3.67. The highest BCUT2D eigenvalue weighted by Gasteiger charge is 2.35. The van der Waals surface area contributed by atoms with Gasteiger partial charge in [0.25, 0.3) is 0 Å². The highest BCUT2D eigenvalue weighted by atomic mass is 35.5. The number of rotatable bonds is 3. The maximum atomic E-state index is 14.1. The number of halogens is 5. The molecular weight excluding hydrogens is 308 g/mol. The van der Waals surface area contributed by atoms with Crippen molar-refractivity contribution in [3.8, 4) is 11.4 Å². The minimum atomic E-state index is -4.57. The number of benzene rings is 1. The zero-order valence-corrected chi connectivity index (χ0v) is 12.1. The molecule has 0 saturated carbocycles. The molecule has 1 aromatic carbocycles. The fourth-order valence-corrected chi connectivity index (χ4v) is 2.11. The second-order valence-electron chi connectivity index (χ2n) is 4.90. The monoisotopic (exact) mass is 320 g/mol. The van der Waals surface area contributed by atoms with Crippen LogP contribution in [-0.2, 0) is 12.1 Å². The third-order valence-corrected chi connectivity index (χ3v) is 3.32. The van der Waals surface area contributed by atoms with E-state index < -0.39 is 17.7 Å². The van der Waals surface area contributed by atoms with E-state index in [2.05, 4.69) is 4.98 Å². The molecular formula is C14H13ClF4N2. The molecule has 0 spiro atoms. The average molecular weight is 321 g/mol. The van der Waals surface area contributed by atoms with Crippen LogP contribution < -0.4 is 0 Å². The number of hydrogen-bond donors (Lipinski definition) is 0. The first kappa shape index (κ1) is 15.8. The molecule has 2 rings (SSSR count). The molecule has 0 amide bonds. The summed E-state index contributed by atoms with van der Waals surface area (Å²) in [5, 5.41) is 0. The van der Waals surface area contributed by atoms with Crippen molar-refractivity contribution in [3.63, 3.8) is 0 Å². The molecule has 0 radical (unpaired) electrons. The predicted molar refractivity (Wildman–Crippen MR) is 72.6 cm³/mol. The summed E-state index contributed by atoms with van der Waals surface area (Å²) in [7, 11) is 0. The van der Waals surface area contributed by atoms with Crippen LogP contribution in [0.1, 0.15) is 31.1 Å². The zero-order chi connectivity index (χ0) is 15.8. The SMILES string of the molecule is CC(C)n1cc(C(F)(F)F)nc1-c1ccc(CCl)cc1F. The first-order chi connectivity index (χ1) is 9.74. The molecule has 0 atom stereocenters. The number of imidazole rings is 1. The average Bonchev–Trinajstić information content (AvgIpc) is 2.83. The third-order valence-electron chi connectivity index (χ3n) is 3.01. The Kier molecular flexibility index (Phi) is 4.27. The van der Waals surface area contributed by atoms with Gasteiger partial charge in [-0.15, -0.1) is 11.6 Å². The maximum Gasteiger partial charge on any atom is 0.434 e. The van der Waals surface area contributed by atoms with Gasteiger partial charge in [-0.3, -0.25) is 0 Å². The second-order valence-corrected chi connectivity index (χ2v) is 5.16. The van der Waals surface area contributed by atoms with Gasteiger partial charge < -0.3 is 4.57 Å². The van der Waals surface area contributed by atoms with Crippen molar-refractivity contribution >= 4 is 11.6 Å². The van der Waals surface area contributed by atoms with Crippen molar-refractivity contribution in [2.75, 3.05) is 0 Å². The van der Waals surface area contributed by atoms with E-state index in [1.807, 2.05) is 0 Å².